The molecule has 136 valence electrons. The second-order valence-corrected chi connectivity index (χ2v) is 5.73. The zero-order chi connectivity index (χ0) is 19.3. The lowest BCUT2D eigenvalue weighted by Crippen LogP contribution is -2.45. The summed E-state index contributed by atoms with van der Waals surface area (Å²) in [6.45, 7) is 2.67. The molecule has 0 spiro atoms. The average Bonchev–Trinajstić information content (AvgIpc) is 2.50. The number of phenolic OH excluding ortho intramolecular Hbond substituents is 1. The summed E-state index contributed by atoms with van der Waals surface area (Å²) in [5, 5.41) is 22.1. The van der Waals surface area contributed by atoms with Crippen molar-refractivity contribution in [2.45, 2.75) is 19.9 Å². The SMILES string of the molecule is CC(=O)O.COC(=O)C1=C(C)NC(=O)NC1c1cc(Cl)c(O)c(Cl)c1. The number of aromatic hydroxyl groups is 1. The van der Waals surface area contributed by atoms with Crippen LogP contribution in [-0.2, 0) is 14.3 Å². The summed E-state index contributed by atoms with van der Waals surface area (Å²) in [6.07, 6.45) is 0. The minimum Gasteiger partial charge on any atom is -0.505 e. The fraction of sp³-hybridized carbons (Fsp3) is 0.267. The molecule has 0 radical (unpaired) electrons. The summed E-state index contributed by atoms with van der Waals surface area (Å²) in [6, 6.07) is 1.61. The van der Waals surface area contributed by atoms with Gasteiger partial charge in [0, 0.05) is 12.6 Å². The van der Waals surface area contributed by atoms with E-state index in [2.05, 4.69) is 10.6 Å². The first-order valence-electron chi connectivity index (χ1n) is 6.82. The van der Waals surface area contributed by atoms with E-state index in [1.54, 1.807) is 6.92 Å². The molecule has 1 aliphatic heterocycles. The fourth-order valence-corrected chi connectivity index (χ4v) is 2.58. The van der Waals surface area contributed by atoms with Gasteiger partial charge in [0.15, 0.2) is 5.75 Å². The van der Waals surface area contributed by atoms with Crippen LogP contribution in [0.2, 0.25) is 10.0 Å². The van der Waals surface area contributed by atoms with E-state index in [-0.39, 0.29) is 21.4 Å². The quantitative estimate of drug-likeness (QED) is 0.575. The van der Waals surface area contributed by atoms with Crippen molar-refractivity contribution in [2.24, 2.45) is 0 Å². The number of carboxylic acid groups (broad SMARTS) is 1. The van der Waals surface area contributed by atoms with Gasteiger partial charge in [-0.3, -0.25) is 4.79 Å². The Kier molecular flexibility index (Phi) is 7.08. The predicted molar refractivity (Wildman–Crippen MR) is 90.6 cm³/mol. The Morgan fingerprint density at radius 1 is 1.24 bits per heavy atom. The van der Waals surface area contributed by atoms with Crippen LogP contribution in [0.25, 0.3) is 0 Å². The molecule has 0 saturated carbocycles. The van der Waals surface area contributed by atoms with E-state index >= 15 is 0 Å². The van der Waals surface area contributed by atoms with Crippen molar-refractivity contribution in [1.29, 1.82) is 0 Å². The van der Waals surface area contributed by atoms with Crippen molar-refractivity contribution in [3.8, 4) is 5.75 Å². The van der Waals surface area contributed by atoms with Gasteiger partial charge in [0.25, 0.3) is 5.97 Å². The highest BCUT2D eigenvalue weighted by atomic mass is 35.5. The molecule has 1 aromatic carbocycles. The maximum absolute atomic E-state index is 11.9. The number of esters is 1. The number of phenols is 1. The molecule has 2 rings (SSSR count). The zero-order valence-corrected chi connectivity index (χ0v) is 15.0. The number of nitrogens with one attached hydrogen (secondary N) is 2. The number of methoxy groups -OCH3 is 1. The Bertz CT molecular complexity index is 721. The molecule has 1 unspecified atom stereocenters. The minimum absolute atomic E-state index is 0.0205. The number of hydrogen-bond acceptors (Lipinski definition) is 5. The smallest absolute Gasteiger partial charge is 0.337 e. The van der Waals surface area contributed by atoms with Crippen molar-refractivity contribution in [2.75, 3.05) is 7.11 Å². The lowest BCUT2D eigenvalue weighted by Gasteiger charge is -2.28. The van der Waals surface area contributed by atoms with Gasteiger partial charge >= 0.3 is 12.0 Å². The van der Waals surface area contributed by atoms with Gasteiger partial charge < -0.3 is 25.6 Å². The molecule has 4 N–H and O–H groups in total. The first-order chi connectivity index (χ1) is 11.6. The summed E-state index contributed by atoms with van der Waals surface area (Å²) in [4.78, 5) is 32.5. The van der Waals surface area contributed by atoms with E-state index in [1.165, 1.54) is 19.2 Å². The number of carbonyl (C=O) groups is 3. The van der Waals surface area contributed by atoms with Crippen LogP contribution in [0.5, 0.6) is 5.75 Å². The van der Waals surface area contributed by atoms with Crippen LogP contribution < -0.4 is 10.6 Å². The number of carboxylic acids is 1. The number of rotatable bonds is 2. The van der Waals surface area contributed by atoms with Crippen LogP contribution in [-0.4, -0.2) is 35.3 Å². The number of benzene rings is 1. The molecule has 8 nitrogen and oxygen atoms in total. The maximum Gasteiger partial charge on any atom is 0.337 e. The molecule has 1 aliphatic rings. The zero-order valence-electron chi connectivity index (χ0n) is 13.5. The van der Waals surface area contributed by atoms with Gasteiger partial charge in [0.1, 0.15) is 0 Å². The number of ether oxygens (including phenoxy) is 1. The molecule has 0 saturated heterocycles. The molecular formula is C15H16Cl2N2O6. The monoisotopic (exact) mass is 390 g/mol. The number of halogens is 2. The summed E-state index contributed by atoms with van der Waals surface area (Å²) in [5.74, 6) is -1.69. The third-order valence-corrected chi connectivity index (χ3v) is 3.62. The number of allylic oxidation sites excluding steroid dienone is 1. The lowest BCUT2D eigenvalue weighted by atomic mass is 9.95. The normalized spacial score (nSPS) is 16.2. The molecule has 0 bridgehead atoms. The van der Waals surface area contributed by atoms with Gasteiger partial charge in [0.05, 0.1) is 28.8 Å². The molecule has 1 heterocycles. The Morgan fingerprint density at radius 2 is 1.72 bits per heavy atom. The highest BCUT2D eigenvalue weighted by Crippen LogP contribution is 2.37. The van der Waals surface area contributed by atoms with Crippen LogP contribution in [0.1, 0.15) is 25.5 Å². The molecule has 25 heavy (non-hydrogen) atoms. The molecule has 10 heteroatoms. The topological polar surface area (TPSA) is 125 Å². The summed E-state index contributed by atoms with van der Waals surface area (Å²) >= 11 is 11.8. The van der Waals surface area contributed by atoms with Crippen LogP contribution in [0.15, 0.2) is 23.4 Å². The number of urea groups is 1. The molecule has 1 atom stereocenters. The number of carbonyl (C=O) groups excluding carboxylic acids is 2. The van der Waals surface area contributed by atoms with E-state index in [9.17, 15) is 14.7 Å². The van der Waals surface area contributed by atoms with Gasteiger partial charge in [-0.2, -0.15) is 0 Å². The highest BCUT2D eigenvalue weighted by molar-refractivity contribution is 6.37. The fourth-order valence-electron chi connectivity index (χ4n) is 2.08. The largest absolute Gasteiger partial charge is 0.505 e. The summed E-state index contributed by atoms with van der Waals surface area (Å²) in [5.41, 5.74) is 1.06. The number of hydrogen-bond donors (Lipinski definition) is 4. The first-order valence-corrected chi connectivity index (χ1v) is 7.58. The molecular weight excluding hydrogens is 375 g/mol. The molecule has 0 fully saturated rings. The Hall–Kier alpha value is -2.45. The predicted octanol–water partition coefficient (Wildman–Crippen LogP) is 2.59. The van der Waals surface area contributed by atoms with Gasteiger partial charge in [-0.1, -0.05) is 23.2 Å². The second-order valence-electron chi connectivity index (χ2n) is 4.91. The van der Waals surface area contributed by atoms with Gasteiger partial charge in [-0.05, 0) is 24.6 Å². The van der Waals surface area contributed by atoms with E-state index in [4.69, 9.17) is 37.8 Å². The van der Waals surface area contributed by atoms with Crippen molar-refractivity contribution in [1.82, 2.24) is 10.6 Å². The van der Waals surface area contributed by atoms with Crippen LogP contribution >= 0.6 is 23.2 Å². The highest BCUT2D eigenvalue weighted by Gasteiger charge is 2.32. The third kappa shape index (κ3) is 5.27. The van der Waals surface area contributed by atoms with Crippen LogP contribution in [0.4, 0.5) is 4.79 Å². The Labute approximate surface area is 153 Å². The van der Waals surface area contributed by atoms with E-state index in [0.29, 0.717) is 11.3 Å². The van der Waals surface area contributed by atoms with Crippen LogP contribution in [0, 0.1) is 0 Å². The van der Waals surface area contributed by atoms with Crippen molar-refractivity contribution in [3.05, 3.63) is 39.0 Å². The average molecular weight is 391 g/mol. The van der Waals surface area contributed by atoms with Gasteiger partial charge in [0.2, 0.25) is 0 Å². The van der Waals surface area contributed by atoms with Crippen molar-refractivity contribution >= 4 is 41.2 Å². The Morgan fingerprint density at radius 3 is 2.16 bits per heavy atom. The summed E-state index contributed by atoms with van der Waals surface area (Å²) < 4.78 is 4.73. The van der Waals surface area contributed by atoms with Crippen LogP contribution in [0.3, 0.4) is 0 Å². The Balaban J connectivity index is 0.000000705. The molecule has 2 amide bonds. The minimum atomic E-state index is -0.833. The molecule has 0 aromatic heterocycles. The summed E-state index contributed by atoms with van der Waals surface area (Å²) in [7, 11) is 1.24. The number of amides is 2. The van der Waals surface area contributed by atoms with E-state index in [0.717, 1.165) is 6.92 Å². The van der Waals surface area contributed by atoms with Crippen molar-refractivity contribution in [3.63, 3.8) is 0 Å². The van der Waals surface area contributed by atoms with Gasteiger partial charge in [-0.15, -0.1) is 0 Å². The maximum atomic E-state index is 11.9. The molecule has 1 aromatic rings. The lowest BCUT2D eigenvalue weighted by molar-refractivity contribution is -0.137. The second kappa shape index (κ2) is 8.59. The molecule has 0 aliphatic carbocycles. The first kappa shape index (κ1) is 20.6. The van der Waals surface area contributed by atoms with Gasteiger partial charge in [-0.25, -0.2) is 9.59 Å². The number of aliphatic carboxylic acids is 1. The van der Waals surface area contributed by atoms with E-state index < -0.39 is 24.0 Å². The third-order valence-electron chi connectivity index (χ3n) is 3.05. The standard InChI is InChI=1S/C13H12Cl2N2O4.C2H4O2/c1-5-9(12(19)21-2)10(17-13(20)16-5)6-3-7(14)11(18)8(15)4-6;1-2(3)4/h3-4,10,18H,1-2H3,(H2,16,17,20);1H3,(H,3,4). The van der Waals surface area contributed by atoms with Crippen molar-refractivity contribution < 1.29 is 29.3 Å². The van der Waals surface area contributed by atoms with E-state index in [1.807, 2.05) is 0 Å².